The Labute approximate surface area is 111 Å². The summed E-state index contributed by atoms with van der Waals surface area (Å²) in [6.45, 7) is 2.32. The van der Waals surface area contributed by atoms with Gasteiger partial charge in [-0.2, -0.15) is 0 Å². The average molecular weight is 257 g/mol. The van der Waals surface area contributed by atoms with Crippen LogP contribution in [0.5, 0.6) is 0 Å². The van der Waals surface area contributed by atoms with Gasteiger partial charge in [0, 0.05) is 11.5 Å². The number of hydrogen-bond acceptors (Lipinski definition) is 4. The van der Waals surface area contributed by atoms with E-state index in [1.54, 1.807) is 0 Å². The maximum absolute atomic E-state index is 11.5. The van der Waals surface area contributed by atoms with Crippen LogP contribution in [0.3, 0.4) is 0 Å². The Balaban J connectivity index is 1.65. The van der Waals surface area contributed by atoms with Crippen LogP contribution < -0.4 is 5.32 Å². The van der Waals surface area contributed by atoms with E-state index < -0.39 is 0 Å². The number of rotatable bonds is 4. The van der Waals surface area contributed by atoms with Crippen LogP contribution >= 0.6 is 0 Å². The molecule has 1 aromatic carbocycles. The van der Waals surface area contributed by atoms with E-state index in [1.807, 2.05) is 31.2 Å². The second-order valence-corrected chi connectivity index (χ2v) is 4.86. The second kappa shape index (κ2) is 4.84. The highest BCUT2D eigenvalue weighted by Gasteiger charge is 2.29. The van der Waals surface area contributed by atoms with Gasteiger partial charge in [0.15, 0.2) is 0 Å². The van der Waals surface area contributed by atoms with E-state index in [4.69, 9.17) is 4.42 Å². The number of aryl methyl sites for hydroxylation is 1. The minimum atomic E-state index is 0.0788. The smallest absolute Gasteiger partial charge is 0.247 e. The van der Waals surface area contributed by atoms with Gasteiger partial charge in [0.05, 0.1) is 6.54 Å². The summed E-state index contributed by atoms with van der Waals surface area (Å²) in [5.74, 6) is 1.19. The van der Waals surface area contributed by atoms with Gasteiger partial charge >= 0.3 is 0 Å². The first-order valence-corrected chi connectivity index (χ1v) is 6.39. The Bertz CT molecular complexity index is 585. The fraction of sp³-hybridized carbons (Fsp3) is 0.357. The van der Waals surface area contributed by atoms with Crippen molar-refractivity contribution < 1.29 is 9.21 Å². The number of nitrogens with one attached hydrogen (secondary N) is 1. The highest BCUT2D eigenvalue weighted by atomic mass is 16.4. The van der Waals surface area contributed by atoms with Gasteiger partial charge in [-0.1, -0.05) is 17.7 Å². The normalized spacial score (nSPS) is 14.4. The summed E-state index contributed by atoms with van der Waals surface area (Å²) in [5.41, 5.74) is 2.07. The number of aromatic nitrogens is 2. The molecule has 0 saturated heterocycles. The van der Waals surface area contributed by atoms with Gasteiger partial charge in [-0.3, -0.25) is 4.79 Å². The predicted octanol–water partition coefficient (Wildman–Crippen LogP) is 2.07. The zero-order valence-corrected chi connectivity index (χ0v) is 10.7. The summed E-state index contributed by atoms with van der Waals surface area (Å²) in [6.07, 6.45) is 1.98. The van der Waals surface area contributed by atoms with Crippen LogP contribution in [0.25, 0.3) is 11.5 Å². The van der Waals surface area contributed by atoms with E-state index >= 15 is 0 Å². The molecule has 5 heteroatoms. The van der Waals surface area contributed by atoms with Crippen LogP contribution in [0.4, 0.5) is 0 Å². The maximum atomic E-state index is 11.5. The van der Waals surface area contributed by atoms with Gasteiger partial charge in [-0.05, 0) is 31.9 Å². The van der Waals surface area contributed by atoms with Crippen molar-refractivity contribution >= 4 is 5.91 Å². The van der Waals surface area contributed by atoms with Gasteiger partial charge in [-0.25, -0.2) is 0 Å². The molecule has 1 amide bonds. The molecule has 98 valence electrons. The third-order valence-corrected chi connectivity index (χ3v) is 3.13. The van der Waals surface area contributed by atoms with Crippen LogP contribution in [-0.2, 0) is 11.3 Å². The highest BCUT2D eigenvalue weighted by molar-refractivity contribution is 5.80. The molecule has 1 heterocycles. The Kier molecular flexibility index (Phi) is 3.03. The summed E-state index contributed by atoms with van der Waals surface area (Å²) in [5, 5.41) is 10.7. The summed E-state index contributed by atoms with van der Waals surface area (Å²) in [6, 6.07) is 7.87. The van der Waals surface area contributed by atoms with E-state index in [9.17, 15) is 4.79 Å². The van der Waals surface area contributed by atoms with E-state index in [1.165, 1.54) is 5.56 Å². The van der Waals surface area contributed by atoms with E-state index in [0.717, 1.165) is 18.4 Å². The molecule has 1 aromatic heterocycles. The average Bonchev–Trinajstić information content (AvgIpc) is 3.16. The molecule has 0 radical (unpaired) electrons. The minimum Gasteiger partial charge on any atom is -0.419 e. The Morgan fingerprint density at radius 2 is 2.05 bits per heavy atom. The van der Waals surface area contributed by atoms with Crippen molar-refractivity contribution in [3.05, 3.63) is 35.7 Å². The Hall–Kier alpha value is -2.17. The molecule has 0 bridgehead atoms. The van der Waals surface area contributed by atoms with Gasteiger partial charge in [0.1, 0.15) is 0 Å². The van der Waals surface area contributed by atoms with Crippen molar-refractivity contribution in [2.75, 3.05) is 0 Å². The second-order valence-electron chi connectivity index (χ2n) is 4.86. The van der Waals surface area contributed by atoms with Gasteiger partial charge in [0.25, 0.3) is 0 Å². The number of hydrogen-bond donors (Lipinski definition) is 1. The van der Waals surface area contributed by atoms with Crippen molar-refractivity contribution in [1.82, 2.24) is 15.5 Å². The largest absolute Gasteiger partial charge is 0.419 e. The van der Waals surface area contributed by atoms with Gasteiger partial charge in [-0.15, -0.1) is 10.2 Å². The number of carbonyl (C=O) groups is 1. The lowest BCUT2D eigenvalue weighted by molar-refractivity contribution is -0.122. The van der Waals surface area contributed by atoms with Crippen LogP contribution in [0.2, 0.25) is 0 Å². The molecule has 2 aromatic rings. The molecule has 0 atom stereocenters. The lowest BCUT2D eigenvalue weighted by Gasteiger charge is -1.99. The molecule has 3 rings (SSSR count). The third kappa shape index (κ3) is 2.81. The molecular weight excluding hydrogens is 242 g/mol. The van der Waals surface area contributed by atoms with Crippen molar-refractivity contribution in [1.29, 1.82) is 0 Å². The molecule has 5 nitrogen and oxygen atoms in total. The summed E-state index contributed by atoms with van der Waals surface area (Å²) in [4.78, 5) is 11.5. The molecule has 0 aliphatic heterocycles. The van der Waals surface area contributed by atoms with Crippen LogP contribution in [-0.4, -0.2) is 16.1 Å². The fourth-order valence-corrected chi connectivity index (χ4v) is 1.79. The number of carbonyl (C=O) groups excluding carboxylic acids is 1. The first-order valence-electron chi connectivity index (χ1n) is 6.39. The lowest BCUT2D eigenvalue weighted by Crippen LogP contribution is -2.24. The SMILES string of the molecule is Cc1ccc(-c2nnc(CNC(=O)C3CC3)o2)cc1. The summed E-state index contributed by atoms with van der Waals surface area (Å²) in [7, 11) is 0. The molecule has 1 aliphatic carbocycles. The maximum Gasteiger partial charge on any atom is 0.247 e. The van der Waals surface area contributed by atoms with Gasteiger partial charge < -0.3 is 9.73 Å². The highest BCUT2D eigenvalue weighted by Crippen LogP contribution is 2.28. The molecule has 0 unspecified atom stereocenters. The van der Waals surface area contributed by atoms with Crippen molar-refractivity contribution in [3.8, 4) is 11.5 Å². The molecule has 0 spiro atoms. The third-order valence-electron chi connectivity index (χ3n) is 3.13. The number of benzene rings is 1. The quantitative estimate of drug-likeness (QED) is 0.910. The van der Waals surface area contributed by atoms with Crippen molar-refractivity contribution in [2.24, 2.45) is 5.92 Å². The first kappa shape index (κ1) is 11.9. The zero-order chi connectivity index (χ0) is 13.2. The van der Waals surface area contributed by atoms with Crippen molar-refractivity contribution in [2.45, 2.75) is 26.3 Å². The molecule has 19 heavy (non-hydrogen) atoms. The molecular formula is C14H15N3O2. The van der Waals surface area contributed by atoms with Crippen molar-refractivity contribution in [3.63, 3.8) is 0 Å². The van der Waals surface area contributed by atoms with Crippen LogP contribution in [0, 0.1) is 12.8 Å². The summed E-state index contributed by atoms with van der Waals surface area (Å²) >= 11 is 0. The molecule has 1 fully saturated rings. The fourth-order valence-electron chi connectivity index (χ4n) is 1.79. The Morgan fingerprint density at radius 1 is 1.32 bits per heavy atom. The minimum absolute atomic E-state index is 0.0788. The van der Waals surface area contributed by atoms with Crippen LogP contribution in [0.1, 0.15) is 24.3 Å². The standard InChI is InChI=1S/C14H15N3O2/c1-9-2-4-11(5-3-9)14-17-16-12(19-14)8-15-13(18)10-6-7-10/h2-5,10H,6-8H2,1H3,(H,15,18). The van der Waals surface area contributed by atoms with E-state index in [0.29, 0.717) is 18.3 Å². The Morgan fingerprint density at radius 3 is 2.74 bits per heavy atom. The topological polar surface area (TPSA) is 68.0 Å². The molecule has 1 saturated carbocycles. The number of amides is 1. The lowest BCUT2D eigenvalue weighted by atomic mass is 10.1. The van der Waals surface area contributed by atoms with E-state index in [2.05, 4.69) is 15.5 Å². The predicted molar refractivity (Wildman–Crippen MR) is 69.0 cm³/mol. The van der Waals surface area contributed by atoms with Crippen LogP contribution in [0.15, 0.2) is 28.7 Å². The first-order chi connectivity index (χ1) is 9.22. The zero-order valence-electron chi connectivity index (χ0n) is 10.7. The van der Waals surface area contributed by atoms with E-state index in [-0.39, 0.29) is 11.8 Å². The monoisotopic (exact) mass is 257 g/mol. The summed E-state index contributed by atoms with van der Waals surface area (Å²) < 4.78 is 5.52. The number of nitrogens with zero attached hydrogens (tertiary/aromatic N) is 2. The molecule has 1 N–H and O–H groups in total. The molecule has 1 aliphatic rings. The van der Waals surface area contributed by atoms with Gasteiger partial charge in [0.2, 0.25) is 17.7 Å².